The number of fused-ring (bicyclic) bond motifs is 7. The van der Waals surface area contributed by atoms with Gasteiger partial charge < -0.3 is 10.6 Å². The number of alkyl halides is 6. The lowest BCUT2D eigenvalue weighted by Gasteiger charge is -2.39. The summed E-state index contributed by atoms with van der Waals surface area (Å²) in [6.45, 7) is 0.907. The number of nitrogens with zero attached hydrogens (tertiary/aromatic N) is 1. The molecule has 0 aliphatic carbocycles. The molecule has 0 amide bonds. The minimum atomic E-state index is -5.11. The lowest BCUT2D eigenvalue weighted by Crippen LogP contribution is -2.41. The minimum Gasteiger partial charge on any atom is -0.371 e. The van der Waals surface area contributed by atoms with Crippen LogP contribution in [0.1, 0.15) is 45.5 Å². The van der Waals surface area contributed by atoms with Gasteiger partial charge in [0, 0.05) is 18.8 Å². The average molecular weight is 798 g/mol. The molecule has 2 atom stereocenters. The van der Waals surface area contributed by atoms with Crippen molar-refractivity contribution in [2.24, 2.45) is 0 Å². The van der Waals surface area contributed by atoms with Gasteiger partial charge in [0.1, 0.15) is 11.4 Å². The summed E-state index contributed by atoms with van der Waals surface area (Å²) in [6, 6.07) is 43.5. The van der Waals surface area contributed by atoms with E-state index in [1.165, 1.54) is 0 Å². The maximum atomic E-state index is 13.8. The number of nitrogens with one attached hydrogen (secondary N) is 2. The molecule has 0 unspecified atom stereocenters. The van der Waals surface area contributed by atoms with Gasteiger partial charge in [-0.2, -0.15) is 26.3 Å². The Labute approximate surface area is 333 Å². The number of hydrogen-bond donors (Lipinski definition) is 2. The smallest absolute Gasteiger partial charge is 0.371 e. The number of anilines is 3. The van der Waals surface area contributed by atoms with Crippen LogP contribution in [0.5, 0.6) is 0 Å². The molecule has 0 saturated carbocycles. The largest absolute Gasteiger partial charge is 0.416 e. The standard InChI is InChI=1S/C48H33F6N3O2/c49-47(50,51)34-23-35(48(52,53)54)25-36(24-34)55-42-43(46(59)45(42)58)56-41(30-13-3-1-4-14-30)44(31-15-5-2-6-16-31)57-26-32-21-19-28-11-7-9-17-37(28)39(32)40-33(27-57)22-20-29-12-8-10-18-38(29)40/h1-25,41,44,55-56H,26-27H2/t41-,44-/m0/s1. The molecule has 8 aromatic carbocycles. The van der Waals surface area contributed by atoms with Crippen LogP contribution >= 0.6 is 0 Å². The van der Waals surface area contributed by atoms with Gasteiger partial charge in [-0.25, -0.2) is 0 Å². The van der Waals surface area contributed by atoms with Crippen molar-refractivity contribution in [2.45, 2.75) is 37.5 Å². The van der Waals surface area contributed by atoms with Gasteiger partial charge in [0.05, 0.1) is 23.2 Å². The van der Waals surface area contributed by atoms with Gasteiger partial charge in [0.2, 0.25) is 0 Å². The summed E-state index contributed by atoms with van der Waals surface area (Å²) in [7, 11) is 0. The van der Waals surface area contributed by atoms with Gasteiger partial charge in [-0.05, 0) is 73.1 Å². The first kappa shape index (κ1) is 37.8. The second kappa shape index (κ2) is 14.6. The lowest BCUT2D eigenvalue weighted by atomic mass is 9.88. The average Bonchev–Trinajstić information content (AvgIpc) is 3.41. The Morgan fingerprint density at radius 3 is 1.47 bits per heavy atom. The zero-order chi connectivity index (χ0) is 41.1. The molecule has 9 rings (SSSR count). The van der Waals surface area contributed by atoms with Gasteiger partial charge in [-0.15, -0.1) is 0 Å². The van der Waals surface area contributed by atoms with E-state index in [1.807, 2.05) is 84.9 Å². The fourth-order valence-electron chi connectivity index (χ4n) is 8.42. The number of rotatable bonds is 8. The van der Waals surface area contributed by atoms with Gasteiger partial charge in [-0.1, -0.05) is 133 Å². The fourth-order valence-corrected chi connectivity index (χ4v) is 8.42. The molecule has 2 N–H and O–H groups in total. The second-order valence-electron chi connectivity index (χ2n) is 14.8. The molecular formula is C48H33F6N3O2. The topological polar surface area (TPSA) is 61.4 Å². The first-order chi connectivity index (χ1) is 28.3. The predicted molar refractivity (Wildman–Crippen MR) is 219 cm³/mol. The molecule has 0 spiro atoms. The van der Waals surface area contributed by atoms with Crippen LogP contribution in [-0.4, -0.2) is 4.90 Å². The van der Waals surface area contributed by atoms with E-state index >= 15 is 0 Å². The first-order valence-electron chi connectivity index (χ1n) is 18.9. The maximum absolute atomic E-state index is 13.8. The summed E-state index contributed by atoms with van der Waals surface area (Å²) in [5, 5.41) is 10.1. The molecule has 1 aliphatic rings. The van der Waals surface area contributed by atoms with E-state index in [9.17, 15) is 35.9 Å². The van der Waals surface area contributed by atoms with Gasteiger partial charge in [-0.3, -0.25) is 14.5 Å². The Kier molecular flexibility index (Phi) is 9.35. The lowest BCUT2D eigenvalue weighted by molar-refractivity contribution is -0.143. The Morgan fingerprint density at radius 2 is 0.966 bits per heavy atom. The minimum absolute atomic E-state index is 0.00542. The summed E-state index contributed by atoms with van der Waals surface area (Å²) in [4.78, 5) is 28.9. The van der Waals surface area contributed by atoms with Gasteiger partial charge in [0.25, 0.3) is 10.9 Å². The van der Waals surface area contributed by atoms with Crippen molar-refractivity contribution < 1.29 is 26.3 Å². The van der Waals surface area contributed by atoms with Crippen LogP contribution in [0.25, 0.3) is 32.7 Å². The highest BCUT2D eigenvalue weighted by molar-refractivity contribution is 6.08. The summed E-state index contributed by atoms with van der Waals surface area (Å²) in [5.74, 6) is 0. The van der Waals surface area contributed by atoms with Gasteiger partial charge in [0.15, 0.2) is 0 Å². The number of halogens is 6. The Balaban J connectivity index is 1.20. The molecule has 0 bridgehead atoms. The van der Waals surface area contributed by atoms with Gasteiger partial charge >= 0.3 is 12.4 Å². The molecule has 0 radical (unpaired) electrons. The van der Waals surface area contributed by atoms with Crippen molar-refractivity contribution in [3.8, 4) is 11.1 Å². The zero-order valence-electron chi connectivity index (χ0n) is 31.0. The predicted octanol–water partition coefficient (Wildman–Crippen LogP) is 11.9. The molecule has 8 aromatic rings. The normalized spacial score (nSPS) is 14.4. The van der Waals surface area contributed by atoms with Crippen molar-refractivity contribution in [1.29, 1.82) is 0 Å². The molecule has 0 aromatic heterocycles. The molecule has 11 heteroatoms. The quantitative estimate of drug-likeness (QED) is 0.118. The number of hydrogen-bond acceptors (Lipinski definition) is 5. The van der Waals surface area contributed by atoms with Crippen LogP contribution in [0.4, 0.5) is 43.4 Å². The van der Waals surface area contributed by atoms with Crippen LogP contribution in [0.2, 0.25) is 0 Å². The van der Waals surface area contributed by atoms with E-state index in [-0.39, 0.29) is 11.8 Å². The Bertz CT molecular complexity index is 2820. The highest BCUT2D eigenvalue weighted by Crippen LogP contribution is 2.47. The van der Waals surface area contributed by atoms with E-state index in [0.717, 1.165) is 54.9 Å². The summed E-state index contributed by atoms with van der Waals surface area (Å²) < 4.78 is 82.8. The SMILES string of the molecule is O=c1c(Nc2cc(C(F)(F)F)cc(C(F)(F)F)c2)c(N[C@@H](c2ccccc2)[C@H](c2ccccc2)N2Cc3ccc4ccccc4c3-c3c(ccc4ccccc34)C2)c1=O. The fraction of sp³-hybridized carbons (Fsp3) is 0.125. The first-order valence-corrected chi connectivity index (χ1v) is 18.9. The van der Waals surface area contributed by atoms with E-state index in [4.69, 9.17) is 0 Å². The highest BCUT2D eigenvalue weighted by atomic mass is 19.4. The molecular weight excluding hydrogens is 765 g/mol. The summed E-state index contributed by atoms with van der Waals surface area (Å²) >= 11 is 0. The molecule has 0 fully saturated rings. The van der Waals surface area contributed by atoms with Crippen LogP contribution in [-0.2, 0) is 25.4 Å². The molecule has 5 nitrogen and oxygen atoms in total. The molecule has 1 heterocycles. The highest BCUT2D eigenvalue weighted by Gasteiger charge is 2.39. The molecule has 1 aliphatic heterocycles. The second-order valence-corrected chi connectivity index (χ2v) is 14.8. The summed E-state index contributed by atoms with van der Waals surface area (Å²) in [5.41, 5.74) is -0.522. The third-order valence-corrected chi connectivity index (χ3v) is 11.1. The van der Waals surface area contributed by atoms with Crippen LogP contribution in [0, 0.1) is 0 Å². The van der Waals surface area contributed by atoms with Crippen molar-refractivity contribution in [1.82, 2.24) is 4.90 Å². The Morgan fingerprint density at radius 1 is 0.508 bits per heavy atom. The van der Waals surface area contributed by atoms with Crippen molar-refractivity contribution in [3.05, 3.63) is 205 Å². The number of benzene rings is 7. The van der Waals surface area contributed by atoms with E-state index < -0.39 is 57.8 Å². The van der Waals surface area contributed by atoms with Crippen molar-refractivity contribution >= 4 is 38.6 Å². The van der Waals surface area contributed by atoms with Crippen molar-refractivity contribution in [3.63, 3.8) is 0 Å². The van der Waals surface area contributed by atoms with Crippen LogP contribution < -0.4 is 21.5 Å². The molecule has 0 saturated heterocycles. The zero-order valence-corrected chi connectivity index (χ0v) is 31.0. The van der Waals surface area contributed by atoms with Crippen LogP contribution in [0.15, 0.2) is 161 Å². The monoisotopic (exact) mass is 797 g/mol. The van der Waals surface area contributed by atoms with Crippen molar-refractivity contribution in [2.75, 3.05) is 10.6 Å². The van der Waals surface area contributed by atoms with E-state index in [1.54, 1.807) is 0 Å². The Hall–Kier alpha value is -6.72. The van der Waals surface area contributed by atoms with E-state index in [2.05, 4.69) is 64.1 Å². The van der Waals surface area contributed by atoms with Crippen LogP contribution in [0.3, 0.4) is 0 Å². The maximum Gasteiger partial charge on any atom is 0.416 e. The summed E-state index contributed by atoms with van der Waals surface area (Å²) in [6.07, 6.45) is -10.2. The third kappa shape index (κ3) is 7.01. The van der Waals surface area contributed by atoms with E-state index in [0.29, 0.717) is 25.2 Å². The molecule has 59 heavy (non-hydrogen) atoms. The third-order valence-electron chi connectivity index (χ3n) is 11.1. The molecule has 294 valence electrons.